The standard InChI is InChI=1S/C45H23B5N4O/c46-37-36(38(47)40(49)41(50)39(37)48)45-52-43(25-12-5-2-6-13-25)51-44(53-45)30-16-9-15-29-32-23-27(19-21-35(32)55-42(29)30)54-33-17-8-7-14-28(33)31-22-26(18-20-34(31)54)24-10-3-1-4-11-24/h1-23H. The molecule has 5 nitrogen and oxygen atoms in total. The summed E-state index contributed by atoms with van der Waals surface area (Å²) in [6.45, 7) is 0. The lowest BCUT2D eigenvalue weighted by atomic mass is 9.60. The number of rotatable bonds is 5. The number of hydrogen-bond acceptors (Lipinski definition) is 4. The maximum absolute atomic E-state index is 6.63. The molecule has 0 saturated carbocycles. The Labute approximate surface area is 323 Å². The molecule has 0 spiro atoms. The van der Waals surface area contributed by atoms with Gasteiger partial charge in [-0.15, -0.1) is 16.4 Å². The first-order valence-electron chi connectivity index (χ1n) is 17.7. The molecule has 0 N–H and O–H groups in total. The Kier molecular flexibility index (Phi) is 7.70. The van der Waals surface area contributed by atoms with Gasteiger partial charge in [-0.25, -0.2) is 15.0 Å². The fraction of sp³-hybridized carbons (Fsp3) is 0. The van der Waals surface area contributed by atoms with Crippen molar-refractivity contribution in [2.45, 2.75) is 0 Å². The molecule has 0 fully saturated rings. The molecule has 55 heavy (non-hydrogen) atoms. The van der Waals surface area contributed by atoms with Crippen molar-refractivity contribution in [3.8, 4) is 51.0 Å². The van der Waals surface area contributed by atoms with Crippen LogP contribution in [0.15, 0.2) is 144 Å². The summed E-state index contributed by atoms with van der Waals surface area (Å²) >= 11 is 0. The highest BCUT2D eigenvalue weighted by molar-refractivity contribution is 6.68. The molecule has 244 valence electrons. The fourth-order valence-electron chi connectivity index (χ4n) is 7.58. The smallest absolute Gasteiger partial charge is 0.167 e. The maximum atomic E-state index is 6.63. The van der Waals surface area contributed by atoms with Crippen LogP contribution in [0.4, 0.5) is 0 Å². The zero-order valence-electron chi connectivity index (χ0n) is 29.4. The molecule has 7 aromatic carbocycles. The van der Waals surface area contributed by atoms with Crippen molar-refractivity contribution in [3.05, 3.63) is 140 Å². The molecule has 3 aromatic heterocycles. The van der Waals surface area contributed by atoms with Crippen molar-refractivity contribution >= 4 is 110 Å². The van der Waals surface area contributed by atoms with E-state index in [9.17, 15) is 0 Å². The van der Waals surface area contributed by atoms with E-state index in [4.69, 9.17) is 58.6 Å². The van der Waals surface area contributed by atoms with Gasteiger partial charge in [0.05, 0.1) is 16.6 Å². The minimum Gasteiger partial charge on any atom is -0.455 e. The first-order valence-corrected chi connectivity index (χ1v) is 17.7. The summed E-state index contributed by atoms with van der Waals surface area (Å²) in [5, 5.41) is 4.22. The van der Waals surface area contributed by atoms with E-state index in [1.807, 2.05) is 60.7 Å². The van der Waals surface area contributed by atoms with E-state index in [1.165, 1.54) is 21.9 Å². The monoisotopic (exact) mass is 690 g/mol. The fourth-order valence-corrected chi connectivity index (χ4v) is 7.58. The van der Waals surface area contributed by atoms with Gasteiger partial charge in [-0.3, -0.25) is 0 Å². The number of furan rings is 1. The van der Waals surface area contributed by atoms with Crippen molar-refractivity contribution in [2.75, 3.05) is 0 Å². The third-order valence-electron chi connectivity index (χ3n) is 10.3. The number of para-hydroxylation sites is 2. The zero-order chi connectivity index (χ0) is 37.4. The van der Waals surface area contributed by atoms with Crippen LogP contribution in [0.25, 0.3) is 94.7 Å². The molecule has 10 heteroatoms. The summed E-state index contributed by atoms with van der Waals surface area (Å²) < 4.78 is 8.94. The van der Waals surface area contributed by atoms with Crippen LogP contribution in [0.2, 0.25) is 0 Å². The van der Waals surface area contributed by atoms with Gasteiger partial charge in [-0.2, -0.15) is 0 Å². The van der Waals surface area contributed by atoms with Crippen molar-refractivity contribution < 1.29 is 4.42 Å². The molecule has 0 aliphatic carbocycles. The number of benzene rings is 7. The second kappa shape index (κ2) is 12.8. The highest BCUT2D eigenvalue weighted by Gasteiger charge is 2.21. The molecular weight excluding hydrogens is 667 g/mol. The zero-order valence-corrected chi connectivity index (χ0v) is 29.4. The molecule has 10 rings (SSSR count). The Balaban J connectivity index is 1.17. The highest BCUT2D eigenvalue weighted by atomic mass is 16.3. The second-order valence-corrected chi connectivity index (χ2v) is 13.5. The first-order chi connectivity index (χ1) is 26.9. The van der Waals surface area contributed by atoms with Gasteiger partial charge in [0, 0.05) is 38.4 Å². The van der Waals surface area contributed by atoms with Gasteiger partial charge in [-0.05, 0) is 53.6 Å². The largest absolute Gasteiger partial charge is 0.455 e. The van der Waals surface area contributed by atoms with E-state index in [-0.39, 0.29) is 38.7 Å². The number of nitrogens with zero attached hydrogens (tertiary/aromatic N) is 4. The number of aromatic nitrogens is 4. The molecule has 0 unspecified atom stereocenters. The molecule has 0 aliphatic heterocycles. The van der Waals surface area contributed by atoms with Crippen LogP contribution in [0, 0.1) is 0 Å². The number of hydrogen-bond donors (Lipinski definition) is 0. The molecule has 10 aromatic rings. The van der Waals surface area contributed by atoms with Crippen molar-refractivity contribution in [3.63, 3.8) is 0 Å². The maximum Gasteiger partial charge on any atom is 0.167 e. The molecule has 0 aliphatic rings. The summed E-state index contributed by atoms with van der Waals surface area (Å²) in [5.41, 5.74) is 9.26. The molecular formula is C45H23B5N4O. The predicted octanol–water partition coefficient (Wildman–Crippen LogP) is 5.51. The van der Waals surface area contributed by atoms with Crippen LogP contribution in [0.1, 0.15) is 0 Å². The van der Waals surface area contributed by atoms with Crippen molar-refractivity contribution in [1.82, 2.24) is 19.5 Å². The van der Waals surface area contributed by atoms with E-state index in [0.717, 1.165) is 38.6 Å². The van der Waals surface area contributed by atoms with Gasteiger partial charge >= 0.3 is 0 Å². The van der Waals surface area contributed by atoms with Crippen LogP contribution in [0.3, 0.4) is 0 Å². The molecule has 3 heterocycles. The Bertz CT molecular complexity index is 3130. The predicted molar refractivity (Wildman–Crippen MR) is 230 cm³/mol. The molecule has 10 radical (unpaired) electrons. The minimum absolute atomic E-state index is 0.111. The summed E-state index contributed by atoms with van der Waals surface area (Å²) in [4.78, 5) is 14.7. The Hall–Kier alpha value is -6.53. The summed E-state index contributed by atoms with van der Waals surface area (Å²) in [6, 6.07) is 47.5. The van der Waals surface area contributed by atoms with Gasteiger partial charge < -0.3 is 8.98 Å². The van der Waals surface area contributed by atoms with E-state index in [0.29, 0.717) is 22.8 Å². The van der Waals surface area contributed by atoms with Crippen LogP contribution < -0.4 is 27.3 Å². The third-order valence-corrected chi connectivity index (χ3v) is 10.3. The summed E-state index contributed by atoms with van der Waals surface area (Å²) in [7, 11) is 31.7. The lowest BCUT2D eigenvalue weighted by Crippen LogP contribution is -2.55. The van der Waals surface area contributed by atoms with Crippen LogP contribution in [0.5, 0.6) is 0 Å². The van der Waals surface area contributed by atoms with Crippen LogP contribution >= 0.6 is 0 Å². The summed E-state index contributed by atoms with van der Waals surface area (Å²) in [5.74, 6) is 0.970. The second-order valence-electron chi connectivity index (χ2n) is 13.5. The van der Waals surface area contributed by atoms with E-state index < -0.39 is 0 Å². The van der Waals surface area contributed by atoms with Crippen molar-refractivity contribution in [2.24, 2.45) is 0 Å². The first kappa shape index (κ1) is 33.1. The third kappa shape index (κ3) is 5.27. The van der Waals surface area contributed by atoms with Gasteiger partial charge in [0.2, 0.25) is 0 Å². The summed E-state index contributed by atoms with van der Waals surface area (Å²) in [6.07, 6.45) is 0. The molecule has 0 atom stereocenters. The van der Waals surface area contributed by atoms with Crippen LogP contribution in [-0.2, 0) is 0 Å². The lowest BCUT2D eigenvalue weighted by molar-refractivity contribution is 0.669. The lowest BCUT2D eigenvalue weighted by Gasteiger charge is -2.20. The Morgan fingerprint density at radius 2 is 1.04 bits per heavy atom. The molecule has 0 amide bonds. The van der Waals surface area contributed by atoms with Crippen molar-refractivity contribution in [1.29, 1.82) is 0 Å². The SMILES string of the molecule is [B]c1c([B])c([B])c(-c2nc(-c3ccccc3)nc(-c3cccc4c3oc3ccc(-n5c6ccccc6c6cc(-c7ccccc7)ccc65)cc34)n2)c([B])c1[B]. The van der Waals surface area contributed by atoms with E-state index >= 15 is 0 Å². The molecule has 0 bridgehead atoms. The average molecular weight is 690 g/mol. The topological polar surface area (TPSA) is 56.7 Å². The van der Waals surface area contributed by atoms with E-state index in [2.05, 4.69) is 83.4 Å². The highest BCUT2D eigenvalue weighted by Crippen LogP contribution is 2.39. The Morgan fingerprint density at radius 1 is 0.418 bits per heavy atom. The minimum atomic E-state index is 0.111. The molecule has 0 saturated heterocycles. The normalized spacial score (nSPS) is 11.6. The van der Waals surface area contributed by atoms with Gasteiger partial charge in [0.25, 0.3) is 0 Å². The average Bonchev–Trinajstić information content (AvgIpc) is 3.78. The number of fused-ring (bicyclic) bond motifs is 6. The van der Waals surface area contributed by atoms with Gasteiger partial charge in [0.1, 0.15) is 50.4 Å². The quantitative estimate of drug-likeness (QED) is 0.224. The van der Waals surface area contributed by atoms with Gasteiger partial charge in [0.15, 0.2) is 17.5 Å². The Morgan fingerprint density at radius 3 is 1.80 bits per heavy atom. The van der Waals surface area contributed by atoms with Gasteiger partial charge in [-0.1, -0.05) is 108 Å². The van der Waals surface area contributed by atoms with Crippen LogP contribution in [-0.4, -0.2) is 58.8 Å². The van der Waals surface area contributed by atoms with E-state index in [1.54, 1.807) is 0 Å².